The third-order valence-corrected chi connectivity index (χ3v) is 3.65. The molecule has 1 nitrogen and oxygen atoms in total. The van der Waals surface area contributed by atoms with E-state index in [2.05, 4.69) is 26.1 Å². The zero-order valence-corrected chi connectivity index (χ0v) is 9.27. The predicted molar refractivity (Wildman–Crippen MR) is 56.6 cm³/mol. The minimum atomic E-state index is 0.538. The Morgan fingerprint density at radius 3 is 2.08 bits per heavy atom. The van der Waals surface area contributed by atoms with Crippen molar-refractivity contribution >= 4 is 0 Å². The SMILES string of the molecule is CC(C)(C)CC1CC2CNCC2C1. The maximum atomic E-state index is 3.51. The van der Waals surface area contributed by atoms with Crippen LogP contribution in [0.5, 0.6) is 0 Å². The molecule has 1 aliphatic heterocycles. The van der Waals surface area contributed by atoms with Crippen LogP contribution in [0.25, 0.3) is 0 Å². The maximum absolute atomic E-state index is 3.51. The topological polar surface area (TPSA) is 12.0 Å². The number of rotatable bonds is 1. The van der Waals surface area contributed by atoms with Crippen molar-refractivity contribution < 1.29 is 0 Å². The largest absolute Gasteiger partial charge is 0.316 e. The van der Waals surface area contributed by atoms with Crippen molar-refractivity contribution in [2.75, 3.05) is 13.1 Å². The van der Waals surface area contributed by atoms with Crippen LogP contribution in [0.4, 0.5) is 0 Å². The molecule has 1 saturated heterocycles. The highest BCUT2D eigenvalue weighted by atomic mass is 14.9. The second kappa shape index (κ2) is 3.27. The molecular weight excluding hydrogens is 158 g/mol. The second-order valence-electron chi connectivity index (χ2n) is 6.28. The van der Waals surface area contributed by atoms with Gasteiger partial charge in [-0.1, -0.05) is 20.8 Å². The molecule has 1 heteroatoms. The summed E-state index contributed by atoms with van der Waals surface area (Å²) in [6.07, 6.45) is 4.42. The van der Waals surface area contributed by atoms with Gasteiger partial charge in [0.25, 0.3) is 0 Å². The fourth-order valence-corrected chi connectivity index (χ4v) is 3.32. The number of nitrogens with one attached hydrogen (secondary N) is 1. The van der Waals surface area contributed by atoms with Crippen molar-refractivity contribution in [3.63, 3.8) is 0 Å². The highest BCUT2D eigenvalue weighted by Crippen LogP contribution is 2.43. The van der Waals surface area contributed by atoms with E-state index in [1.807, 2.05) is 0 Å². The van der Waals surface area contributed by atoms with Gasteiger partial charge in [0.15, 0.2) is 0 Å². The van der Waals surface area contributed by atoms with Crippen molar-refractivity contribution in [3.05, 3.63) is 0 Å². The molecule has 0 radical (unpaired) electrons. The van der Waals surface area contributed by atoms with Gasteiger partial charge in [-0.05, 0) is 55.5 Å². The van der Waals surface area contributed by atoms with Crippen LogP contribution in [0.2, 0.25) is 0 Å². The van der Waals surface area contributed by atoms with Gasteiger partial charge in [0.1, 0.15) is 0 Å². The van der Waals surface area contributed by atoms with Crippen molar-refractivity contribution in [3.8, 4) is 0 Å². The summed E-state index contributed by atoms with van der Waals surface area (Å²) in [6, 6.07) is 0. The molecule has 2 aliphatic rings. The Kier molecular flexibility index (Phi) is 2.39. The normalized spacial score (nSPS) is 39.5. The van der Waals surface area contributed by atoms with Gasteiger partial charge < -0.3 is 5.32 Å². The molecule has 13 heavy (non-hydrogen) atoms. The van der Waals surface area contributed by atoms with Gasteiger partial charge in [-0.3, -0.25) is 0 Å². The summed E-state index contributed by atoms with van der Waals surface area (Å²) in [7, 11) is 0. The van der Waals surface area contributed by atoms with Crippen LogP contribution in [-0.2, 0) is 0 Å². The molecule has 0 aromatic heterocycles. The zero-order chi connectivity index (χ0) is 9.47. The molecule has 1 saturated carbocycles. The summed E-state index contributed by atoms with van der Waals surface area (Å²) < 4.78 is 0. The third-order valence-electron chi connectivity index (χ3n) is 3.65. The lowest BCUT2D eigenvalue weighted by atomic mass is 9.83. The molecule has 1 N–H and O–H groups in total. The minimum absolute atomic E-state index is 0.538. The van der Waals surface area contributed by atoms with Gasteiger partial charge in [-0.25, -0.2) is 0 Å². The first kappa shape index (κ1) is 9.51. The van der Waals surface area contributed by atoms with Crippen LogP contribution in [0, 0.1) is 23.2 Å². The summed E-state index contributed by atoms with van der Waals surface area (Å²) in [5.41, 5.74) is 0.538. The molecule has 76 valence electrons. The van der Waals surface area contributed by atoms with E-state index in [0.29, 0.717) is 5.41 Å². The van der Waals surface area contributed by atoms with Crippen molar-refractivity contribution in [1.82, 2.24) is 5.32 Å². The first-order valence-corrected chi connectivity index (χ1v) is 5.75. The van der Waals surface area contributed by atoms with E-state index in [-0.39, 0.29) is 0 Å². The molecule has 2 fully saturated rings. The van der Waals surface area contributed by atoms with Gasteiger partial charge >= 0.3 is 0 Å². The molecule has 0 aromatic rings. The standard InChI is InChI=1S/C12H23N/c1-12(2,3)6-9-4-10-7-13-8-11(10)5-9/h9-11,13H,4-8H2,1-3H3. The smallest absolute Gasteiger partial charge is 0.00172 e. The average Bonchev–Trinajstić information content (AvgIpc) is 2.40. The van der Waals surface area contributed by atoms with Crippen LogP contribution >= 0.6 is 0 Å². The van der Waals surface area contributed by atoms with Gasteiger partial charge in [0.2, 0.25) is 0 Å². The van der Waals surface area contributed by atoms with E-state index in [0.717, 1.165) is 17.8 Å². The van der Waals surface area contributed by atoms with E-state index >= 15 is 0 Å². The van der Waals surface area contributed by atoms with Gasteiger partial charge in [0, 0.05) is 0 Å². The Morgan fingerprint density at radius 1 is 1.08 bits per heavy atom. The lowest BCUT2D eigenvalue weighted by Gasteiger charge is -2.23. The first-order valence-electron chi connectivity index (χ1n) is 5.75. The molecule has 0 aromatic carbocycles. The maximum Gasteiger partial charge on any atom is -0.00172 e. The highest BCUT2D eigenvalue weighted by Gasteiger charge is 2.38. The third kappa shape index (κ3) is 2.25. The average molecular weight is 181 g/mol. The quantitative estimate of drug-likeness (QED) is 0.656. The molecule has 1 aliphatic carbocycles. The summed E-state index contributed by atoms with van der Waals surface area (Å²) in [4.78, 5) is 0. The summed E-state index contributed by atoms with van der Waals surface area (Å²) in [6.45, 7) is 9.72. The molecule has 1 heterocycles. The lowest BCUT2D eigenvalue weighted by molar-refractivity contribution is 0.287. The summed E-state index contributed by atoms with van der Waals surface area (Å²) >= 11 is 0. The Balaban J connectivity index is 1.85. The second-order valence-corrected chi connectivity index (χ2v) is 6.28. The van der Waals surface area contributed by atoms with E-state index in [1.54, 1.807) is 0 Å². The molecule has 2 rings (SSSR count). The van der Waals surface area contributed by atoms with Crippen LogP contribution < -0.4 is 5.32 Å². The fraction of sp³-hybridized carbons (Fsp3) is 1.00. The Hall–Kier alpha value is -0.0400. The van der Waals surface area contributed by atoms with Gasteiger partial charge in [-0.15, -0.1) is 0 Å². The van der Waals surface area contributed by atoms with Crippen LogP contribution in [0.1, 0.15) is 40.0 Å². The molecule has 2 atom stereocenters. The molecular formula is C12H23N. The van der Waals surface area contributed by atoms with Gasteiger partial charge in [0.05, 0.1) is 0 Å². The van der Waals surface area contributed by atoms with Crippen molar-refractivity contribution in [1.29, 1.82) is 0 Å². The molecule has 0 bridgehead atoms. The minimum Gasteiger partial charge on any atom is -0.316 e. The molecule has 0 amide bonds. The number of fused-ring (bicyclic) bond motifs is 1. The Labute approximate surface area is 82.3 Å². The Morgan fingerprint density at radius 2 is 1.62 bits per heavy atom. The first-order chi connectivity index (χ1) is 6.04. The predicted octanol–water partition coefficient (Wildman–Crippen LogP) is 2.67. The van der Waals surface area contributed by atoms with E-state index < -0.39 is 0 Å². The fourth-order valence-electron chi connectivity index (χ4n) is 3.32. The highest BCUT2D eigenvalue weighted by molar-refractivity contribution is 4.91. The van der Waals surface area contributed by atoms with Crippen LogP contribution in [0.15, 0.2) is 0 Å². The zero-order valence-electron chi connectivity index (χ0n) is 9.27. The van der Waals surface area contributed by atoms with E-state index in [1.165, 1.54) is 32.4 Å². The summed E-state index contributed by atoms with van der Waals surface area (Å²) in [5.74, 6) is 3.07. The number of hydrogen-bond donors (Lipinski definition) is 1. The van der Waals surface area contributed by atoms with Crippen LogP contribution in [-0.4, -0.2) is 13.1 Å². The molecule has 0 spiro atoms. The lowest BCUT2D eigenvalue weighted by Crippen LogP contribution is -2.15. The van der Waals surface area contributed by atoms with E-state index in [9.17, 15) is 0 Å². The van der Waals surface area contributed by atoms with Gasteiger partial charge in [-0.2, -0.15) is 0 Å². The van der Waals surface area contributed by atoms with Crippen molar-refractivity contribution in [2.45, 2.75) is 40.0 Å². The Bertz CT molecular complexity index is 168. The summed E-state index contributed by atoms with van der Waals surface area (Å²) in [5, 5.41) is 3.51. The van der Waals surface area contributed by atoms with Crippen LogP contribution in [0.3, 0.4) is 0 Å². The number of hydrogen-bond acceptors (Lipinski definition) is 1. The van der Waals surface area contributed by atoms with Crippen molar-refractivity contribution in [2.24, 2.45) is 23.2 Å². The molecule has 2 unspecified atom stereocenters. The monoisotopic (exact) mass is 181 g/mol. The van der Waals surface area contributed by atoms with E-state index in [4.69, 9.17) is 0 Å².